The van der Waals surface area contributed by atoms with Gasteiger partial charge in [-0.05, 0) is 85.1 Å². The standard InChI is InChI=1S/C22H23BrN6O/c1-14-12-19(22(30)26-20-10-7-17(23)13-25-20)29(27-14)18-8-5-16(6-9-18)21(24)28-11-3-4-15(28)2/h5-10,12-13,15,24H,3-4,11H2,1-2H3,(H,25,26,30). The number of aryl methyl sites for hydroxylation is 1. The first kappa shape index (κ1) is 20.3. The van der Waals surface area contributed by atoms with Crippen molar-refractivity contribution in [1.29, 1.82) is 5.41 Å². The molecule has 0 aliphatic carbocycles. The van der Waals surface area contributed by atoms with Crippen LogP contribution in [0.1, 0.15) is 41.5 Å². The van der Waals surface area contributed by atoms with Crippen molar-refractivity contribution in [3.05, 3.63) is 70.1 Å². The molecule has 1 amide bonds. The minimum Gasteiger partial charge on any atom is -0.354 e. The highest BCUT2D eigenvalue weighted by molar-refractivity contribution is 9.10. The lowest BCUT2D eigenvalue weighted by atomic mass is 10.1. The fourth-order valence-corrected chi connectivity index (χ4v) is 3.91. The number of hydrogen-bond acceptors (Lipinski definition) is 4. The Morgan fingerprint density at radius 2 is 2.00 bits per heavy atom. The van der Waals surface area contributed by atoms with Crippen molar-refractivity contribution in [2.75, 3.05) is 11.9 Å². The van der Waals surface area contributed by atoms with E-state index in [1.54, 1.807) is 23.0 Å². The maximum atomic E-state index is 12.8. The van der Waals surface area contributed by atoms with E-state index in [0.717, 1.165) is 40.8 Å². The lowest BCUT2D eigenvalue weighted by molar-refractivity contribution is 0.101. The van der Waals surface area contributed by atoms with Gasteiger partial charge in [0.25, 0.3) is 5.91 Å². The topological polar surface area (TPSA) is 86.9 Å². The number of hydrogen-bond donors (Lipinski definition) is 2. The first-order valence-electron chi connectivity index (χ1n) is 9.88. The Labute approximate surface area is 183 Å². The summed E-state index contributed by atoms with van der Waals surface area (Å²) >= 11 is 3.34. The van der Waals surface area contributed by atoms with Crippen LogP contribution in [0.15, 0.2) is 53.1 Å². The van der Waals surface area contributed by atoms with Gasteiger partial charge in [0.15, 0.2) is 0 Å². The van der Waals surface area contributed by atoms with Crippen molar-refractivity contribution < 1.29 is 4.79 Å². The number of amides is 1. The van der Waals surface area contributed by atoms with E-state index >= 15 is 0 Å². The molecule has 30 heavy (non-hydrogen) atoms. The molecule has 2 aromatic heterocycles. The molecule has 2 N–H and O–H groups in total. The number of aromatic nitrogens is 3. The van der Waals surface area contributed by atoms with E-state index in [2.05, 4.69) is 43.2 Å². The van der Waals surface area contributed by atoms with Gasteiger partial charge >= 0.3 is 0 Å². The molecule has 1 aliphatic heterocycles. The summed E-state index contributed by atoms with van der Waals surface area (Å²) in [5.41, 5.74) is 2.80. The maximum Gasteiger partial charge on any atom is 0.275 e. The van der Waals surface area contributed by atoms with Crippen molar-refractivity contribution in [2.45, 2.75) is 32.7 Å². The van der Waals surface area contributed by atoms with Gasteiger partial charge < -0.3 is 10.2 Å². The zero-order valence-corrected chi connectivity index (χ0v) is 18.5. The second-order valence-electron chi connectivity index (χ2n) is 7.48. The third kappa shape index (κ3) is 4.14. The average molecular weight is 467 g/mol. The highest BCUT2D eigenvalue weighted by Crippen LogP contribution is 2.21. The van der Waals surface area contributed by atoms with Gasteiger partial charge in [0, 0.05) is 28.8 Å². The fraction of sp³-hybridized carbons (Fsp3) is 0.273. The van der Waals surface area contributed by atoms with Crippen LogP contribution >= 0.6 is 15.9 Å². The maximum absolute atomic E-state index is 12.8. The SMILES string of the molecule is Cc1cc(C(=O)Nc2ccc(Br)cn2)n(-c2ccc(C(=N)N3CCCC3C)cc2)n1. The molecule has 1 saturated heterocycles. The summed E-state index contributed by atoms with van der Waals surface area (Å²) in [6, 6.07) is 13.3. The first-order valence-corrected chi connectivity index (χ1v) is 10.7. The molecular weight excluding hydrogens is 444 g/mol. The Morgan fingerprint density at radius 1 is 1.23 bits per heavy atom. The van der Waals surface area contributed by atoms with Crippen LogP contribution in [0.5, 0.6) is 0 Å². The van der Waals surface area contributed by atoms with Crippen LogP contribution in [0.3, 0.4) is 0 Å². The molecule has 0 saturated carbocycles. The van der Waals surface area contributed by atoms with Gasteiger partial charge in [-0.3, -0.25) is 10.2 Å². The molecule has 0 radical (unpaired) electrons. The Hall–Kier alpha value is -3.00. The molecule has 7 nitrogen and oxygen atoms in total. The fourth-order valence-electron chi connectivity index (χ4n) is 3.68. The van der Waals surface area contributed by atoms with Crippen molar-refractivity contribution >= 4 is 33.5 Å². The van der Waals surface area contributed by atoms with Crippen molar-refractivity contribution in [2.24, 2.45) is 0 Å². The Kier molecular flexibility index (Phi) is 5.67. The highest BCUT2D eigenvalue weighted by atomic mass is 79.9. The number of likely N-dealkylation sites (tertiary alicyclic amines) is 1. The molecule has 8 heteroatoms. The van der Waals surface area contributed by atoms with Gasteiger partial charge in [0.1, 0.15) is 17.3 Å². The van der Waals surface area contributed by atoms with Gasteiger partial charge in [-0.2, -0.15) is 5.10 Å². The van der Waals surface area contributed by atoms with E-state index in [1.165, 1.54) is 0 Å². The highest BCUT2D eigenvalue weighted by Gasteiger charge is 2.23. The Bertz CT molecular complexity index is 1070. The number of carbonyl (C=O) groups is 1. The number of amidine groups is 1. The monoisotopic (exact) mass is 466 g/mol. The van der Waals surface area contributed by atoms with Crippen LogP contribution < -0.4 is 5.32 Å². The summed E-state index contributed by atoms with van der Waals surface area (Å²) in [6.45, 7) is 4.94. The molecule has 1 fully saturated rings. The molecule has 0 spiro atoms. The van der Waals surface area contributed by atoms with Crippen molar-refractivity contribution in [3.63, 3.8) is 0 Å². The normalized spacial score (nSPS) is 16.0. The number of benzene rings is 1. The van der Waals surface area contributed by atoms with Crippen LogP contribution in [-0.4, -0.2) is 44.0 Å². The molecule has 3 heterocycles. The largest absolute Gasteiger partial charge is 0.354 e. The van der Waals surface area contributed by atoms with Crippen LogP contribution in [0, 0.1) is 12.3 Å². The summed E-state index contributed by atoms with van der Waals surface area (Å²) in [5.74, 6) is 0.729. The summed E-state index contributed by atoms with van der Waals surface area (Å²) in [7, 11) is 0. The van der Waals surface area contributed by atoms with Crippen molar-refractivity contribution in [1.82, 2.24) is 19.7 Å². The molecule has 1 aliphatic rings. The van der Waals surface area contributed by atoms with Crippen LogP contribution in [-0.2, 0) is 0 Å². The minimum absolute atomic E-state index is 0.284. The molecule has 3 aromatic rings. The smallest absolute Gasteiger partial charge is 0.275 e. The number of nitrogens with zero attached hydrogens (tertiary/aromatic N) is 4. The van der Waals surface area contributed by atoms with Crippen LogP contribution in [0.4, 0.5) is 5.82 Å². The van der Waals surface area contributed by atoms with E-state index in [4.69, 9.17) is 5.41 Å². The first-order chi connectivity index (χ1) is 14.4. The molecule has 154 valence electrons. The summed E-state index contributed by atoms with van der Waals surface area (Å²) in [5, 5.41) is 15.8. The van der Waals surface area contributed by atoms with Crippen LogP contribution in [0.2, 0.25) is 0 Å². The predicted molar refractivity (Wildman–Crippen MR) is 120 cm³/mol. The summed E-state index contributed by atoms with van der Waals surface area (Å²) in [6.07, 6.45) is 3.88. The van der Waals surface area contributed by atoms with Gasteiger partial charge in [-0.15, -0.1) is 0 Å². The number of anilines is 1. The molecule has 4 rings (SSSR count). The lowest BCUT2D eigenvalue weighted by Crippen LogP contribution is -2.33. The molecule has 1 atom stereocenters. The average Bonchev–Trinajstić information content (AvgIpc) is 3.35. The van der Waals surface area contributed by atoms with Gasteiger partial charge in [-0.1, -0.05) is 0 Å². The van der Waals surface area contributed by atoms with E-state index in [-0.39, 0.29) is 5.91 Å². The summed E-state index contributed by atoms with van der Waals surface area (Å²) in [4.78, 5) is 19.2. The zero-order chi connectivity index (χ0) is 21.3. The number of pyridine rings is 1. The minimum atomic E-state index is -0.284. The molecule has 1 unspecified atom stereocenters. The van der Waals surface area contributed by atoms with Crippen LogP contribution in [0.25, 0.3) is 5.69 Å². The number of nitrogens with one attached hydrogen (secondary N) is 2. The third-order valence-corrected chi connectivity index (χ3v) is 5.73. The summed E-state index contributed by atoms with van der Waals surface area (Å²) < 4.78 is 2.46. The number of halogens is 1. The third-order valence-electron chi connectivity index (χ3n) is 5.26. The van der Waals surface area contributed by atoms with Crippen molar-refractivity contribution in [3.8, 4) is 5.69 Å². The second-order valence-corrected chi connectivity index (χ2v) is 8.39. The van der Waals surface area contributed by atoms with Gasteiger partial charge in [0.2, 0.25) is 0 Å². The predicted octanol–water partition coefficient (Wildman–Crippen LogP) is 4.40. The zero-order valence-electron chi connectivity index (χ0n) is 16.9. The molecular formula is C22H23BrN6O. The second kappa shape index (κ2) is 8.39. The molecule has 1 aromatic carbocycles. The number of rotatable bonds is 4. The number of carbonyl (C=O) groups excluding carboxylic acids is 1. The van der Waals surface area contributed by atoms with E-state index in [0.29, 0.717) is 23.4 Å². The van der Waals surface area contributed by atoms with E-state index in [9.17, 15) is 4.79 Å². The Balaban J connectivity index is 1.56. The quantitative estimate of drug-likeness (QED) is 0.440. The van der Waals surface area contributed by atoms with E-state index < -0.39 is 0 Å². The van der Waals surface area contributed by atoms with Gasteiger partial charge in [0.05, 0.1) is 11.4 Å². The lowest BCUT2D eigenvalue weighted by Gasteiger charge is -2.24. The van der Waals surface area contributed by atoms with E-state index in [1.807, 2.05) is 37.3 Å². The van der Waals surface area contributed by atoms with Gasteiger partial charge in [-0.25, -0.2) is 9.67 Å². The molecule has 0 bridgehead atoms. The Morgan fingerprint density at radius 3 is 2.63 bits per heavy atom.